The molecule has 2 rings (SSSR count). The Bertz CT molecular complexity index is 379. The molecular weight excluding hydrogens is 238 g/mol. The fourth-order valence-corrected chi connectivity index (χ4v) is 2.35. The minimum absolute atomic E-state index is 0.237. The van der Waals surface area contributed by atoms with Crippen molar-refractivity contribution < 1.29 is 4.74 Å². The fourth-order valence-electron chi connectivity index (χ4n) is 2.35. The number of hydrogen-bond acceptors (Lipinski definition) is 4. The molecule has 1 aliphatic heterocycles. The number of nitrogens with two attached hydrogens (primary N) is 1. The van der Waals surface area contributed by atoms with Crippen molar-refractivity contribution in [3.8, 4) is 0 Å². The van der Waals surface area contributed by atoms with E-state index >= 15 is 0 Å². The summed E-state index contributed by atoms with van der Waals surface area (Å²) in [7, 11) is 0. The van der Waals surface area contributed by atoms with Crippen LogP contribution >= 0.6 is 0 Å². The molecule has 0 aliphatic carbocycles. The van der Waals surface area contributed by atoms with Crippen molar-refractivity contribution in [3.05, 3.63) is 23.9 Å². The predicted octanol–water partition coefficient (Wildman–Crippen LogP) is 1.98. The van der Waals surface area contributed by atoms with E-state index in [0.717, 1.165) is 44.8 Å². The highest BCUT2D eigenvalue weighted by Crippen LogP contribution is 2.17. The maximum Gasteiger partial charge on any atom is 0.128 e. The molecule has 1 saturated heterocycles. The number of ether oxygens (including phenoxy) is 1. The SMILES string of the molecule is CCC(N)Cc1ccc(N2CCOC(CC)C2)nc1. The van der Waals surface area contributed by atoms with Crippen LogP contribution in [0.4, 0.5) is 5.82 Å². The Morgan fingerprint density at radius 3 is 2.95 bits per heavy atom. The highest BCUT2D eigenvalue weighted by molar-refractivity contribution is 5.40. The number of hydrogen-bond donors (Lipinski definition) is 1. The normalized spacial score (nSPS) is 21.4. The molecule has 2 unspecified atom stereocenters. The molecule has 0 radical (unpaired) electrons. The summed E-state index contributed by atoms with van der Waals surface area (Å²) in [6.07, 6.45) is 5.26. The first-order chi connectivity index (χ1) is 9.22. The maximum atomic E-state index is 5.97. The first kappa shape index (κ1) is 14.3. The molecule has 1 aliphatic rings. The largest absolute Gasteiger partial charge is 0.375 e. The summed E-state index contributed by atoms with van der Waals surface area (Å²) in [5.74, 6) is 1.05. The van der Waals surface area contributed by atoms with Crippen LogP contribution in [0.25, 0.3) is 0 Å². The van der Waals surface area contributed by atoms with Crippen LogP contribution in [0.15, 0.2) is 18.3 Å². The van der Waals surface area contributed by atoms with Crippen LogP contribution in [0.2, 0.25) is 0 Å². The average molecular weight is 263 g/mol. The molecule has 0 spiro atoms. The van der Waals surface area contributed by atoms with Gasteiger partial charge < -0.3 is 15.4 Å². The second kappa shape index (κ2) is 6.87. The highest BCUT2D eigenvalue weighted by atomic mass is 16.5. The summed E-state index contributed by atoms with van der Waals surface area (Å²) < 4.78 is 5.68. The molecule has 0 aromatic carbocycles. The van der Waals surface area contributed by atoms with Gasteiger partial charge in [-0.1, -0.05) is 19.9 Å². The quantitative estimate of drug-likeness (QED) is 0.882. The van der Waals surface area contributed by atoms with Crippen LogP contribution < -0.4 is 10.6 Å². The van der Waals surface area contributed by atoms with Crippen molar-refractivity contribution in [2.75, 3.05) is 24.6 Å². The third-order valence-corrected chi connectivity index (χ3v) is 3.75. The predicted molar refractivity (Wildman–Crippen MR) is 78.5 cm³/mol. The van der Waals surface area contributed by atoms with Gasteiger partial charge >= 0.3 is 0 Å². The lowest BCUT2D eigenvalue weighted by Gasteiger charge is -2.33. The molecule has 0 bridgehead atoms. The number of pyridine rings is 1. The van der Waals surface area contributed by atoms with E-state index in [4.69, 9.17) is 10.5 Å². The maximum absolute atomic E-state index is 5.97. The van der Waals surface area contributed by atoms with Crippen LogP contribution in [0.5, 0.6) is 0 Å². The van der Waals surface area contributed by atoms with Crippen molar-refractivity contribution >= 4 is 5.82 Å². The molecule has 1 aromatic heterocycles. The van der Waals surface area contributed by atoms with Gasteiger partial charge in [-0.2, -0.15) is 0 Å². The van der Waals surface area contributed by atoms with E-state index in [1.165, 1.54) is 5.56 Å². The van der Waals surface area contributed by atoms with Crippen LogP contribution in [-0.4, -0.2) is 36.8 Å². The molecule has 4 nitrogen and oxygen atoms in total. The lowest BCUT2D eigenvalue weighted by atomic mass is 10.1. The van der Waals surface area contributed by atoms with Crippen molar-refractivity contribution in [1.82, 2.24) is 4.98 Å². The number of nitrogens with zero attached hydrogens (tertiary/aromatic N) is 2. The molecular formula is C15H25N3O. The van der Waals surface area contributed by atoms with Gasteiger partial charge in [0.15, 0.2) is 0 Å². The van der Waals surface area contributed by atoms with E-state index < -0.39 is 0 Å². The first-order valence-electron chi connectivity index (χ1n) is 7.30. The van der Waals surface area contributed by atoms with E-state index in [0.29, 0.717) is 6.10 Å². The summed E-state index contributed by atoms with van der Waals surface area (Å²) in [5.41, 5.74) is 7.19. The van der Waals surface area contributed by atoms with E-state index in [9.17, 15) is 0 Å². The molecule has 0 saturated carbocycles. The zero-order valence-corrected chi connectivity index (χ0v) is 12.0. The van der Waals surface area contributed by atoms with Crippen molar-refractivity contribution in [1.29, 1.82) is 0 Å². The van der Waals surface area contributed by atoms with Gasteiger partial charge in [-0.25, -0.2) is 4.98 Å². The fraction of sp³-hybridized carbons (Fsp3) is 0.667. The van der Waals surface area contributed by atoms with Crippen molar-refractivity contribution in [2.24, 2.45) is 5.73 Å². The third kappa shape index (κ3) is 3.91. The molecule has 2 heterocycles. The monoisotopic (exact) mass is 263 g/mol. The molecule has 4 heteroatoms. The van der Waals surface area contributed by atoms with E-state index in [2.05, 4.69) is 35.9 Å². The molecule has 106 valence electrons. The Labute approximate surface area is 116 Å². The smallest absolute Gasteiger partial charge is 0.128 e. The third-order valence-electron chi connectivity index (χ3n) is 3.75. The van der Waals surface area contributed by atoms with Gasteiger partial charge in [0.1, 0.15) is 5.82 Å². The first-order valence-corrected chi connectivity index (χ1v) is 7.30. The molecule has 1 aromatic rings. The number of aromatic nitrogens is 1. The lowest BCUT2D eigenvalue weighted by molar-refractivity contribution is 0.0381. The van der Waals surface area contributed by atoms with E-state index in [1.807, 2.05) is 6.20 Å². The molecule has 19 heavy (non-hydrogen) atoms. The highest BCUT2D eigenvalue weighted by Gasteiger charge is 2.19. The van der Waals surface area contributed by atoms with Gasteiger partial charge in [0, 0.05) is 25.3 Å². The Kier molecular flexibility index (Phi) is 5.16. The Balaban J connectivity index is 1.97. The number of morpholine rings is 1. The summed E-state index contributed by atoms with van der Waals surface area (Å²) in [4.78, 5) is 6.88. The van der Waals surface area contributed by atoms with E-state index in [1.54, 1.807) is 0 Å². The topological polar surface area (TPSA) is 51.4 Å². The Morgan fingerprint density at radius 2 is 2.32 bits per heavy atom. The zero-order valence-electron chi connectivity index (χ0n) is 12.0. The Hall–Kier alpha value is -1.13. The molecule has 1 fully saturated rings. The van der Waals surface area contributed by atoms with Crippen molar-refractivity contribution in [3.63, 3.8) is 0 Å². The van der Waals surface area contributed by atoms with Gasteiger partial charge in [0.2, 0.25) is 0 Å². The van der Waals surface area contributed by atoms with Gasteiger partial charge in [-0.05, 0) is 30.9 Å². The molecule has 0 amide bonds. The van der Waals surface area contributed by atoms with Crippen LogP contribution in [0.1, 0.15) is 32.3 Å². The Morgan fingerprint density at radius 1 is 1.47 bits per heavy atom. The lowest BCUT2D eigenvalue weighted by Crippen LogP contribution is -2.42. The number of rotatable bonds is 5. The van der Waals surface area contributed by atoms with E-state index in [-0.39, 0.29) is 6.04 Å². The standard InChI is InChI=1S/C15H25N3O/c1-3-13(16)9-12-5-6-15(17-10-12)18-7-8-19-14(4-2)11-18/h5-6,10,13-14H,3-4,7-9,11,16H2,1-2H3. The summed E-state index contributed by atoms with van der Waals surface area (Å²) in [5, 5.41) is 0. The van der Waals surface area contributed by atoms with Gasteiger partial charge in [-0.3, -0.25) is 0 Å². The minimum Gasteiger partial charge on any atom is -0.375 e. The summed E-state index contributed by atoms with van der Waals surface area (Å²) in [6, 6.07) is 4.49. The molecule has 2 atom stereocenters. The average Bonchev–Trinajstić information content (AvgIpc) is 2.48. The van der Waals surface area contributed by atoms with Gasteiger partial charge in [0.25, 0.3) is 0 Å². The zero-order chi connectivity index (χ0) is 13.7. The van der Waals surface area contributed by atoms with Crippen LogP contribution in [-0.2, 0) is 11.2 Å². The second-order valence-electron chi connectivity index (χ2n) is 5.24. The van der Waals surface area contributed by atoms with Gasteiger partial charge in [0.05, 0.1) is 12.7 Å². The van der Waals surface area contributed by atoms with Crippen molar-refractivity contribution in [2.45, 2.75) is 45.3 Å². The summed E-state index contributed by atoms with van der Waals surface area (Å²) in [6.45, 7) is 6.94. The van der Waals surface area contributed by atoms with Crippen LogP contribution in [0, 0.1) is 0 Å². The summed E-state index contributed by atoms with van der Waals surface area (Å²) >= 11 is 0. The minimum atomic E-state index is 0.237. The number of anilines is 1. The second-order valence-corrected chi connectivity index (χ2v) is 5.24. The molecule has 2 N–H and O–H groups in total. The van der Waals surface area contributed by atoms with Gasteiger partial charge in [-0.15, -0.1) is 0 Å². The van der Waals surface area contributed by atoms with Crippen LogP contribution in [0.3, 0.4) is 0 Å².